The predicted octanol–water partition coefficient (Wildman–Crippen LogP) is 1.92. The number of fused-ring (bicyclic) bond motifs is 1. The molecule has 0 saturated carbocycles. The lowest BCUT2D eigenvalue weighted by molar-refractivity contribution is 0.00462. The highest BCUT2D eigenvalue weighted by atomic mass is 16.6. The third-order valence-electron chi connectivity index (χ3n) is 3.31. The molecule has 1 heterocycles. The Bertz CT molecular complexity index is 508. The van der Waals surface area contributed by atoms with Gasteiger partial charge in [0.05, 0.1) is 12.6 Å². The highest BCUT2D eigenvalue weighted by Gasteiger charge is 2.32. The summed E-state index contributed by atoms with van der Waals surface area (Å²) in [7, 11) is 0. The summed E-state index contributed by atoms with van der Waals surface area (Å²) in [5, 5.41) is 9.51. The number of benzene rings is 1. The normalized spacial score (nSPS) is 18.6. The van der Waals surface area contributed by atoms with Crippen molar-refractivity contribution >= 4 is 11.8 Å². The van der Waals surface area contributed by atoms with E-state index in [0.29, 0.717) is 18.7 Å². The Labute approximate surface area is 119 Å². The van der Waals surface area contributed by atoms with Crippen molar-refractivity contribution in [2.24, 2.45) is 0 Å². The highest BCUT2D eigenvalue weighted by Crippen LogP contribution is 2.26. The van der Waals surface area contributed by atoms with Gasteiger partial charge in [-0.25, -0.2) is 4.79 Å². The van der Waals surface area contributed by atoms with Gasteiger partial charge in [0, 0.05) is 12.2 Å². The van der Waals surface area contributed by atoms with Gasteiger partial charge in [-0.3, -0.25) is 4.90 Å². The molecule has 0 spiro atoms. The largest absolute Gasteiger partial charge is 0.444 e. The number of ether oxygens (including phenoxy) is 1. The Kier molecular flexibility index (Phi) is 3.90. The summed E-state index contributed by atoms with van der Waals surface area (Å²) in [6, 6.07) is 5.43. The van der Waals surface area contributed by atoms with E-state index in [0.717, 1.165) is 11.1 Å². The number of rotatable bonds is 1. The number of nitrogens with two attached hydrogens (primary N) is 1. The van der Waals surface area contributed by atoms with Crippen molar-refractivity contribution < 1.29 is 14.6 Å². The molecule has 0 aliphatic carbocycles. The molecular formula is C15H22N2O3. The van der Waals surface area contributed by atoms with E-state index in [1.54, 1.807) is 4.90 Å². The molecule has 110 valence electrons. The summed E-state index contributed by atoms with van der Waals surface area (Å²) in [5.74, 6) is 0. The fourth-order valence-corrected chi connectivity index (χ4v) is 2.37. The first kappa shape index (κ1) is 14.7. The van der Waals surface area contributed by atoms with Crippen LogP contribution in [0.4, 0.5) is 10.5 Å². The van der Waals surface area contributed by atoms with E-state index < -0.39 is 11.7 Å². The second kappa shape index (κ2) is 5.32. The summed E-state index contributed by atoms with van der Waals surface area (Å²) in [6.45, 7) is 5.82. The number of carbonyl (C=O) groups is 1. The van der Waals surface area contributed by atoms with Crippen LogP contribution in [-0.2, 0) is 17.7 Å². The van der Waals surface area contributed by atoms with Crippen LogP contribution < -0.4 is 5.73 Å². The van der Waals surface area contributed by atoms with Crippen LogP contribution in [0, 0.1) is 0 Å². The minimum Gasteiger partial charge on any atom is -0.444 e. The summed E-state index contributed by atoms with van der Waals surface area (Å²) < 4.78 is 5.40. The number of aliphatic hydroxyl groups is 1. The predicted molar refractivity (Wildman–Crippen MR) is 77.2 cm³/mol. The Hall–Kier alpha value is -1.75. The number of amides is 1. The quantitative estimate of drug-likeness (QED) is 0.770. The average molecular weight is 278 g/mol. The maximum Gasteiger partial charge on any atom is 0.410 e. The molecule has 20 heavy (non-hydrogen) atoms. The summed E-state index contributed by atoms with van der Waals surface area (Å²) >= 11 is 0. The Morgan fingerprint density at radius 3 is 2.75 bits per heavy atom. The third-order valence-corrected chi connectivity index (χ3v) is 3.31. The van der Waals surface area contributed by atoms with Crippen LogP contribution in [0.1, 0.15) is 31.9 Å². The summed E-state index contributed by atoms with van der Waals surface area (Å²) in [6.07, 6.45) is 0.218. The van der Waals surface area contributed by atoms with Gasteiger partial charge in [-0.1, -0.05) is 6.07 Å². The van der Waals surface area contributed by atoms with Gasteiger partial charge in [-0.2, -0.15) is 0 Å². The Balaban J connectivity index is 2.23. The molecule has 0 saturated heterocycles. The van der Waals surface area contributed by atoms with Gasteiger partial charge in [0.1, 0.15) is 5.60 Å². The lowest BCUT2D eigenvalue weighted by Gasteiger charge is -2.37. The van der Waals surface area contributed by atoms with E-state index in [9.17, 15) is 9.90 Å². The molecule has 0 fully saturated rings. The van der Waals surface area contributed by atoms with Crippen molar-refractivity contribution in [1.29, 1.82) is 0 Å². The van der Waals surface area contributed by atoms with Crippen molar-refractivity contribution in [3.05, 3.63) is 29.3 Å². The van der Waals surface area contributed by atoms with Crippen LogP contribution in [0.2, 0.25) is 0 Å². The second-order valence-electron chi connectivity index (χ2n) is 6.18. The first-order chi connectivity index (χ1) is 9.30. The first-order valence-electron chi connectivity index (χ1n) is 6.78. The van der Waals surface area contributed by atoms with Crippen LogP contribution in [-0.4, -0.2) is 34.3 Å². The fraction of sp³-hybridized carbons (Fsp3) is 0.533. The molecule has 5 nitrogen and oxygen atoms in total. The molecule has 0 unspecified atom stereocenters. The molecule has 2 rings (SSSR count). The molecule has 1 aromatic carbocycles. The zero-order valence-electron chi connectivity index (χ0n) is 12.2. The van der Waals surface area contributed by atoms with Crippen LogP contribution in [0.25, 0.3) is 0 Å². The second-order valence-corrected chi connectivity index (χ2v) is 6.18. The van der Waals surface area contributed by atoms with Crippen molar-refractivity contribution in [3.63, 3.8) is 0 Å². The number of anilines is 1. The monoisotopic (exact) mass is 278 g/mol. The topological polar surface area (TPSA) is 75.8 Å². The van der Waals surface area contributed by atoms with Crippen LogP contribution >= 0.6 is 0 Å². The van der Waals surface area contributed by atoms with E-state index in [4.69, 9.17) is 10.5 Å². The van der Waals surface area contributed by atoms with Gasteiger partial charge in [-0.15, -0.1) is 0 Å². The molecule has 0 bridgehead atoms. The van der Waals surface area contributed by atoms with Gasteiger partial charge in [0.2, 0.25) is 0 Å². The number of nitrogen functional groups attached to an aromatic ring is 1. The zero-order chi connectivity index (χ0) is 14.9. The number of nitrogens with zero attached hydrogens (tertiary/aromatic N) is 1. The average Bonchev–Trinajstić information content (AvgIpc) is 2.35. The molecule has 1 aliphatic heterocycles. The van der Waals surface area contributed by atoms with E-state index in [1.807, 2.05) is 39.0 Å². The maximum absolute atomic E-state index is 12.2. The van der Waals surface area contributed by atoms with Gasteiger partial charge in [0.15, 0.2) is 0 Å². The first-order valence-corrected chi connectivity index (χ1v) is 6.78. The number of carbonyl (C=O) groups excluding carboxylic acids is 1. The minimum absolute atomic E-state index is 0.0803. The Morgan fingerprint density at radius 1 is 1.45 bits per heavy atom. The molecule has 0 aromatic heterocycles. The molecule has 1 aliphatic rings. The molecular weight excluding hydrogens is 256 g/mol. The smallest absolute Gasteiger partial charge is 0.410 e. The zero-order valence-corrected chi connectivity index (χ0v) is 12.2. The highest BCUT2D eigenvalue weighted by molar-refractivity contribution is 5.69. The number of aliphatic hydroxyl groups excluding tert-OH is 1. The van der Waals surface area contributed by atoms with Crippen LogP contribution in [0.15, 0.2) is 18.2 Å². The number of hydrogen-bond acceptors (Lipinski definition) is 4. The Morgan fingerprint density at radius 2 is 2.15 bits per heavy atom. The van der Waals surface area contributed by atoms with Crippen molar-refractivity contribution in [3.8, 4) is 0 Å². The molecule has 5 heteroatoms. The molecule has 0 radical (unpaired) electrons. The van der Waals surface area contributed by atoms with Crippen molar-refractivity contribution in [2.75, 3.05) is 12.3 Å². The van der Waals surface area contributed by atoms with E-state index in [2.05, 4.69) is 0 Å². The van der Waals surface area contributed by atoms with Gasteiger partial charge in [0.25, 0.3) is 0 Å². The third kappa shape index (κ3) is 3.22. The van der Waals surface area contributed by atoms with Gasteiger partial charge >= 0.3 is 6.09 Å². The van der Waals surface area contributed by atoms with E-state index >= 15 is 0 Å². The van der Waals surface area contributed by atoms with Gasteiger partial charge < -0.3 is 15.6 Å². The molecule has 1 amide bonds. The lowest BCUT2D eigenvalue weighted by Crippen LogP contribution is -2.48. The molecule has 3 N–H and O–H groups in total. The fourth-order valence-electron chi connectivity index (χ4n) is 2.37. The minimum atomic E-state index is -0.549. The summed E-state index contributed by atoms with van der Waals surface area (Å²) in [4.78, 5) is 13.8. The van der Waals surface area contributed by atoms with Crippen LogP contribution in [0.5, 0.6) is 0 Å². The molecule has 1 atom stereocenters. The van der Waals surface area contributed by atoms with E-state index in [-0.39, 0.29) is 12.6 Å². The van der Waals surface area contributed by atoms with Crippen molar-refractivity contribution in [2.45, 2.75) is 45.4 Å². The van der Waals surface area contributed by atoms with Crippen LogP contribution in [0.3, 0.4) is 0 Å². The van der Waals surface area contributed by atoms with Gasteiger partial charge in [-0.05, 0) is 50.5 Å². The molecule has 1 aromatic rings. The maximum atomic E-state index is 12.2. The van der Waals surface area contributed by atoms with Crippen molar-refractivity contribution in [1.82, 2.24) is 4.90 Å². The standard InChI is InChI=1S/C15H22N2O3/c1-15(2,3)20-14(19)17-8-11-6-12(16)5-4-10(11)7-13(17)9-18/h4-6,13,18H,7-9,16H2,1-3H3/t13-/m0/s1. The SMILES string of the molecule is CC(C)(C)OC(=O)N1Cc2cc(N)ccc2C[C@H]1CO. The van der Waals surface area contributed by atoms with E-state index in [1.165, 1.54) is 0 Å². The summed E-state index contributed by atoms with van der Waals surface area (Å²) in [5.41, 5.74) is 8.05. The number of hydrogen-bond donors (Lipinski definition) is 2. The lowest BCUT2D eigenvalue weighted by atomic mass is 9.94.